The molecule has 6 rings (SSSR count). The number of carbonyl (C=O) groups excluding carboxylic acids is 1. The number of ether oxygens (including phenoxy) is 5. The highest BCUT2D eigenvalue weighted by Crippen LogP contribution is 2.42. The van der Waals surface area contributed by atoms with Crippen molar-refractivity contribution in [3.8, 4) is 40.1 Å². The fourth-order valence-corrected chi connectivity index (χ4v) is 5.14. The van der Waals surface area contributed by atoms with Crippen LogP contribution in [-0.2, 0) is 17.8 Å². The number of carbonyl (C=O) groups is 1. The number of furan rings is 1. The summed E-state index contributed by atoms with van der Waals surface area (Å²) in [5.74, 6) is 3.70. The van der Waals surface area contributed by atoms with Gasteiger partial charge in [0.2, 0.25) is 12.7 Å². The smallest absolute Gasteiger partial charge is 0.261 e. The summed E-state index contributed by atoms with van der Waals surface area (Å²) in [6, 6.07) is 14.3. The van der Waals surface area contributed by atoms with E-state index >= 15 is 0 Å². The van der Waals surface area contributed by atoms with E-state index in [0.717, 1.165) is 10.9 Å². The van der Waals surface area contributed by atoms with Crippen LogP contribution in [0.1, 0.15) is 11.4 Å². The van der Waals surface area contributed by atoms with Gasteiger partial charge < -0.3 is 33.4 Å². The molecule has 0 atom stereocenters. The Morgan fingerprint density at radius 2 is 1.67 bits per heavy atom. The number of hydrogen-bond acceptors (Lipinski definition) is 9. The molecule has 0 unspecified atom stereocenters. The maximum atomic E-state index is 13.3. The van der Waals surface area contributed by atoms with Crippen molar-refractivity contribution in [2.24, 2.45) is 0 Å². The number of nitrogens with one attached hydrogen (secondary N) is 1. The zero-order valence-electron chi connectivity index (χ0n) is 23.6. The molecule has 3 heterocycles. The Morgan fingerprint density at radius 3 is 2.38 bits per heavy atom. The van der Waals surface area contributed by atoms with Crippen LogP contribution in [0.15, 0.2) is 57.7 Å². The molecule has 0 fully saturated rings. The van der Waals surface area contributed by atoms with Gasteiger partial charge in [-0.2, -0.15) is 0 Å². The minimum Gasteiger partial charge on any atom is -0.497 e. The third-order valence-corrected chi connectivity index (χ3v) is 7.28. The Bertz CT molecular complexity index is 1870. The lowest BCUT2D eigenvalue weighted by Gasteiger charge is -2.13. The topological polar surface area (TPSA) is 123 Å². The lowest BCUT2D eigenvalue weighted by Crippen LogP contribution is -2.33. The quantitative estimate of drug-likeness (QED) is 0.277. The van der Waals surface area contributed by atoms with Gasteiger partial charge in [0.15, 0.2) is 23.0 Å². The summed E-state index contributed by atoms with van der Waals surface area (Å²) in [6.07, 6.45) is 0.0504. The highest BCUT2D eigenvalue weighted by atomic mass is 16.7. The van der Waals surface area contributed by atoms with E-state index in [0.29, 0.717) is 62.4 Å². The highest BCUT2D eigenvalue weighted by Gasteiger charge is 2.23. The zero-order chi connectivity index (χ0) is 29.4. The lowest BCUT2D eigenvalue weighted by molar-refractivity contribution is -0.120. The number of methoxy groups -OCH3 is 3. The molecule has 0 bridgehead atoms. The monoisotopic (exact) mass is 571 g/mol. The third-order valence-electron chi connectivity index (χ3n) is 7.28. The molecule has 216 valence electrons. The number of aromatic nitrogens is 2. The summed E-state index contributed by atoms with van der Waals surface area (Å²) in [6.45, 7) is 2.35. The van der Waals surface area contributed by atoms with Crippen LogP contribution in [0.25, 0.3) is 33.2 Å². The number of fused-ring (bicyclic) bond motifs is 3. The number of hydrogen-bond donors (Lipinski definition) is 1. The van der Waals surface area contributed by atoms with Crippen molar-refractivity contribution < 1.29 is 32.9 Å². The predicted molar refractivity (Wildman–Crippen MR) is 155 cm³/mol. The van der Waals surface area contributed by atoms with Crippen molar-refractivity contribution >= 4 is 27.8 Å². The van der Waals surface area contributed by atoms with Gasteiger partial charge in [0.1, 0.15) is 22.9 Å². The molecule has 1 aliphatic rings. The molecular formula is C31H29N3O8. The van der Waals surface area contributed by atoms with E-state index < -0.39 is 0 Å². The lowest BCUT2D eigenvalue weighted by atomic mass is 10.0. The Kier molecular flexibility index (Phi) is 7.07. The van der Waals surface area contributed by atoms with Crippen LogP contribution in [0.5, 0.6) is 28.7 Å². The van der Waals surface area contributed by atoms with Crippen LogP contribution in [0, 0.1) is 6.92 Å². The van der Waals surface area contributed by atoms with Gasteiger partial charge in [-0.1, -0.05) is 0 Å². The van der Waals surface area contributed by atoms with E-state index in [4.69, 9.17) is 28.1 Å². The molecule has 0 radical (unpaired) electrons. The van der Waals surface area contributed by atoms with Crippen LogP contribution in [0.3, 0.4) is 0 Å². The van der Waals surface area contributed by atoms with Crippen molar-refractivity contribution in [2.45, 2.75) is 19.9 Å². The third kappa shape index (κ3) is 4.83. The molecule has 5 aromatic rings. The van der Waals surface area contributed by atoms with E-state index in [1.807, 2.05) is 30.3 Å². The summed E-state index contributed by atoms with van der Waals surface area (Å²) in [5.41, 5.74) is 2.38. The SMILES string of the molecule is COc1ccc(-c2oc3cc4c(cc3c2CC(=O)NCCn2c(C)nc3cc(OC)c(OC)cc3c2=O)OCO4)cc1. The molecule has 1 amide bonds. The molecule has 1 aliphatic heterocycles. The van der Waals surface area contributed by atoms with E-state index in [1.165, 1.54) is 18.8 Å². The average molecular weight is 572 g/mol. The molecular weight excluding hydrogens is 542 g/mol. The molecule has 42 heavy (non-hydrogen) atoms. The van der Waals surface area contributed by atoms with Gasteiger partial charge >= 0.3 is 0 Å². The van der Waals surface area contributed by atoms with Gasteiger partial charge in [-0.25, -0.2) is 4.98 Å². The van der Waals surface area contributed by atoms with Crippen molar-refractivity contribution in [3.05, 3.63) is 70.3 Å². The average Bonchev–Trinajstić information content (AvgIpc) is 3.60. The zero-order valence-corrected chi connectivity index (χ0v) is 23.6. The van der Waals surface area contributed by atoms with E-state index in [1.54, 1.807) is 32.2 Å². The molecule has 0 saturated heterocycles. The first-order valence-electron chi connectivity index (χ1n) is 13.3. The summed E-state index contributed by atoms with van der Waals surface area (Å²) in [4.78, 5) is 31.1. The molecule has 1 N–H and O–H groups in total. The first-order valence-corrected chi connectivity index (χ1v) is 13.3. The van der Waals surface area contributed by atoms with Crippen molar-refractivity contribution in [1.82, 2.24) is 14.9 Å². The first kappa shape index (κ1) is 27.0. The minimum atomic E-state index is -0.230. The fourth-order valence-electron chi connectivity index (χ4n) is 5.14. The van der Waals surface area contributed by atoms with Gasteiger partial charge in [-0.05, 0) is 43.3 Å². The number of amides is 1. The van der Waals surface area contributed by atoms with Crippen molar-refractivity contribution in [3.63, 3.8) is 0 Å². The second-order valence-electron chi connectivity index (χ2n) is 9.71. The van der Waals surface area contributed by atoms with E-state index in [-0.39, 0.29) is 37.8 Å². The van der Waals surface area contributed by atoms with Gasteiger partial charge in [-0.3, -0.25) is 14.2 Å². The largest absolute Gasteiger partial charge is 0.497 e. The molecule has 2 aromatic heterocycles. The highest BCUT2D eigenvalue weighted by molar-refractivity contribution is 5.95. The standard InChI is InChI=1S/C31H29N3O8/c1-17-33-23-14-26(39-4)25(38-3)12-22(23)31(36)34(17)10-9-32-29(35)13-21-20-11-27-28(41-16-40-27)15-24(20)42-30(21)18-5-7-19(37-2)8-6-18/h5-8,11-12,14-15H,9-10,13,16H2,1-4H3,(H,32,35). The molecule has 11 heteroatoms. The second kappa shape index (κ2) is 11.0. The van der Waals surface area contributed by atoms with Crippen LogP contribution >= 0.6 is 0 Å². The fraction of sp³-hybridized carbons (Fsp3) is 0.258. The summed E-state index contributed by atoms with van der Waals surface area (Å²) in [5, 5.41) is 4.10. The van der Waals surface area contributed by atoms with Crippen LogP contribution in [0.4, 0.5) is 0 Å². The number of aryl methyl sites for hydroxylation is 1. The Morgan fingerprint density at radius 1 is 0.952 bits per heavy atom. The van der Waals surface area contributed by atoms with Crippen molar-refractivity contribution in [2.75, 3.05) is 34.7 Å². The molecule has 0 aliphatic carbocycles. The van der Waals surface area contributed by atoms with Gasteiger partial charge in [0, 0.05) is 41.7 Å². The summed E-state index contributed by atoms with van der Waals surface area (Å²) >= 11 is 0. The second-order valence-corrected chi connectivity index (χ2v) is 9.71. The minimum absolute atomic E-state index is 0.0504. The van der Waals surface area contributed by atoms with Crippen molar-refractivity contribution in [1.29, 1.82) is 0 Å². The van der Waals surface area contributed by atoms with Crippen LogP contribution in [-0.4, -0.2) is 50.1 Å². The maximum absolute atomic E-state index is 13.3. The van der Waals surface area contributed by atoms with Gasteiger partial charge in [-0.15, -0.1) is 0 Å². The molecule has 11 nitrogen and oxygen atoms in total. The van der Waals surface area contributed by atoms with Crippen LogP contribution in [0.2, 0.25) is 0 Å². The predicted octanol–water partition coefficient (Wildman–Crippen LogP) is 4.23. The summed E-state index contributed by atoms with van der Waals surface area (Å²) < 4.78 is 34.8. The van der Waals surface area contributed by atoms with Gasteiger partial charge in [0.25, 0.3) is 5.56 Å². The number of rotatable bonds is 9. The Hall–Kier alpha value is -5.19. The van der Waals surface area contributed by atoms with Crippen LogP contribution < -0.4 is 34.6 Å². The molecule has 0 spiro atoms. The first-order chi connectivity index (χ1) is 20.4. The van der Waals surface area contributed by atoms with E-state index in [2.05, 4.69) is 10.3 Å². The maximum Gasteiger partial charge on any atom is 0.261 e. The molecule has 0 saturated carbocycles. The summed E-state index contributed by atoms with van der Waals surface area (Å²) in [7, 11) is 4.64. The normalized spacial score (nSPS) is 12.1. The Labute approximate surface area is 240 Å². The number of nitrogens with zero attached hydrogens (tertiary/aromatic N) is 2. The van der Waals surface area contributed by atoms with Gasteiger partial charge in [0.05, 0.1) is 38.7 Å². The Balaban J connectivity index is 1.25. The molecule has 3 aromatic carbocycles. The number of benzene rings is 3. The van der Waals surface area contributed by atoms with E-state index in [9.17, 15) is 9.59 Å².